The fourth-order valence-corrected chi connectivity index (χ4v) is 7.58. The van der Waals surface area contributed by atoms with Crippen LogP contribution in [0.5, 0.6) is 0 Å². The molecule has 35 heavy (non-hydrogen) atoms. The lowest BCUT2D eigenvalue weighted by atomic mass is 9.49. The summed E-state index contributed by atoms with van der Waals surface area (Å²) in [5.74, 6) is 1.73. The summed E-state index contributed by atoms with van der Waals surface area (Å²) < 4.78 is 27.1. The van der Waals surface area contributed by atoms with E-state index in [-0.39, 0.29) is 11.3 Å². The molecule has 0 atom stereocenters. The second-order valence-corrected chi connectivity index (χ2v) is 12.1. The largest absolute Gasteiger partial charge is 0.280 e. The Morgan fingerprint density at radius 3 is 2.06 bits per heavy atom. The van der Waals surface area contributed by atoms with Crippen molar-refractivity contribution >= 4 is 33.6 Å². The summed E-state index contributed by atoms with van der Waals surface area (Å²) in [6, 6.07) is 15.2. The minimum absolute atomic E-state index is 0.108. The molecule has 0 spiro atoms. The molecule has 0 saturated heterocycles. The summed E-state index contributed by atoms with van der Waals surface area (Å²) in [6.07, 6.45) is 9.37. The number of carbonyl (C=O) groups excluding carboxylic acids is 2. The Labute approximate surface area is 206 Å². The first-order chi connectivity index (χ1) is 16.8. The van der Waals surface area contributed by atoms with E-state index >= 15 is 0 Å². The normalized spacial score (nSPS) is 27.0. The molecule has 2 aromatic rings. The van der Waals surface area contributed by atoms with E-state index in [0.29, 0.717) is 17.7 Å². The molecule has 2 aromatic carbocycles. The molecule has 0 aromatic heterocycles. The minimum Gasteiger partial charge on any atom is -0.280 e. The zero-order valence-corrected chi connectivity index (χ0v) is 20.4. The first-order valence-electron chi connectivity index (χ1n) is 12.2. The average molecular weight is 494 g/mol. The maximum atomic E-state index is 12.6. The van der Waals surface area contributed by atoms with Crippen molar-refractivity contribution < 1.29 is 18.0 Å². The van der Waals surface area contributed by atoms with Crippen molar-refractivity contribution in [2.24, 2.45) is 23.2 Å². The van der Waals surface area contributed by atoms with E-state index in [2.05, 4.69) is 15.6 Å². The SMILES string of the molecule is O=C(CC12CC3CC(CC(C3)C1)C2)NNC(=O)c1ccc(NS(=O)(=O)C=Cc2ccccc2)cc1. The van der Waals surface area contributed by atoms with Gasteiger partial charge < -0.3 is 0 Å². The Bertz CT molecular complexity index is 1190. The van der Waals surface area contributed by atoms with Crippen LogP contribution in [0.1, 0.15) is 60.9 Å². The van der Waals surface area contributed by atoms with Crippen molar-refractivity contribution in [1.82, 2.24) is 10.9 Å². The molecule has 0 aliphatic heterocycles. The van der Waals surface area contributed by atoms with Crippen molar-refractivity contribution in [2.75, 3.05) is 4.72 Å². The van der Waals surface area contributed by atoms with Gasteiger partial charge in [-0.05, 0) is 97.6 Å². The lowest BCUT2D eigenvalue weighted by molar-refractivity contribution is -0.130. The van der Waals surface area contributed by atoms with Gasteiger partial charge in [-0.3, -0.25) is 25.2 Å². The smallest absolute Gasteiger partial charge is 0.269 e. The molecule has 4 saturated carbocycles. The molecule has 4 fully saturated rings. The lowest BCUT2D eigenvalue weighted by Gasteiger charge is -2.56. The Morgan fingerprint density at radius 1 is 0.857 bits per heavy atom. The van der Waals surface area contributed by atoms with Gasteiger partial charge in [0, 0.05) is 17.7 Å². The topological polar surface area (TPSA) is 104 Å². The van der Waals surface area contributed by atoms with Gasteiger partial charge in [0.1, 0.15) is 0 Å². The highest BCUT2D eigenvalue weighted by atomic mass is 32.2. The number of carbonyl (C=O) groups is 2. The second-order valence-electron chi connectivity index (χ2n) is 10.5. The van der Waals surface area contributed by atoms with Crippen LogP contribution in [0.25, 0.3) is 6.08 Å². The van der Waals surface area contributed by atoms with Crippen LogP contribution in [-0.2, 0) is 14.8 Å². The van der Waals surface area contributed by atoms with Gasteiger partial charge in [0.25, 0.3) is 15.9 Å². The van der Waals surface area contributed by atoms with Gasteiger partial charge in [-0.15, -0.1) is 0 Å². The van der Waals surface area contributed by atoms with E-state index in [4.69, 9.17) is 0 Å². The molecule has 4 aliphatic rings. The number of benzene rings is 2. The van der Waals surface area contributed by atoms with Crippen molar-refractivity contribution in [2.45, 2.75) is 44.9 Å². The van der Waals surface area contributed by atoms with Gasteiger partial charge >= 0.3 is 0 Å². The van der Waals surface area contributed by atoms with Gasteiger partial charge in [-0.25, -0.2) is 8.42 Å². The molecule has 184 valence electrons. The van der Waals surface area contributed by atoms with Crippen LogP contribution in [-0.4, -0.2) is 20.2 Å². The Balaban J connectivity index is 1.12. The van der Waals surface area contributed by atoms with Crippen LogP contribution in [0.2, 0.25) is 0 Å². The standard InChI is InChI=1S/C27H31N3O4S/c31-25(18-27-15-20-12-21(16-27)14-22(13-20)17-27)28-29-26(32)23-6-8-24(9-7-23)30-35(33,34)11-10-19-4-2-1-3-5-19/h1-11,20-22,30H,12-18H2,(H,28,31)(H,29,32). The Kier molecular flexibility index (Phi) is 6.40. The van der Waals surface area contributed by atoms with Gasteiger partial charge in [0.2, 0.25) is 5.91 Å². The first kappa shape index (κ1) is 23.6. The van der Waals surface area contributed by atoms with Gasteiger partial charge in [0.15, 0.2) is 0 Å². The van der Waals surface area contributed by atoms with E-state index in [1.807, 2.05) is 18.2 Å². The number of hydrogen-bond acceptors (Lipinski definition) is 4. The summed E-state index contributed by atoms with van der Waals surface area (Å²) in [7, 11) is -3.70. The number of rotatable bonds is 7. The molecule has 7 nitrogen and oxygen atoms in total. The number of sulfonamides is 1. The first-order valence-corrected chi connectivity index (χ1v) is 13.8. The van der Waals surface area contributed by atoms with Crippen molar-refractivity contribution in [3.8, 4) is 0 Å². The van der Waals surface area contributed by atoms with Crippen LogP contribution in [0.3, 0.4) is 0 Å². The predicted octanol–water partition coefficient (Wildman–Crippen LogP) is 4.47. The summed E-state index contributed by atoms with van der Waals surface area (Å²) in [4.78, 5) is 25.1. The van der Waals surface area contributed by atoms with E-state index in [0.717, 1.165) is 48.0 Å². The number of nitrogens with one attached hydrogen (secondary N) is 3. The van der Waals surface area contributed by atoms with Crippen LogP contribution >= 0.6 is 0 Å². The number of anilines is 1. The summed E-state index contributed by atoms with van der Waals surface area (Å²) in [6.45, 7) is 0. The van der Waals surface area contributed by atoms with Gasteiger partial charge in [-0.1, -0.05) is 30.3 Å². The maximum absolute atomic E-state index is 12.6. The lowest BCUT2D eigenvalue weighted by Crippen LogP contribution is -2.50. The highest BCUT2D eigenvalue weighted by molar-refractivity contribution is 7.95. The van der Waals surface area contributed by atoms with E-state index in [1.165, 1.54) is 49.6 Å². The van der Waals surface area contributed by atoms with E-state index in [9.17, 15) is 18.0 Å². The third kappa shape index (κ3) is 5.75. The molecule has 4 bridgehead atoms. The Hall–Kier alpha value is -3.13. The van der Waals surface area contributed by atoms with E-state index < -0.39 is 15.9 Å². The van der Waals surface area contributed by atoms with Crippen molar-refractivity contribution in [3.05, 3.63) is 71.1 Å². The molecule has 0 unspecified atom stereocenters. The fraction of sp³-hybridized carbons (Fsp3) is 0.407. The third-order valence-electron chi connectivity index (χ3n) is 7.66. The highest BCUT2D eigenvalue weighted by Crippen LogP contribution is 2.61. The minimum atomic E-state index is -3.70. The molecule has 4 aliphatic carbocycles. The molecule has 0 radical (unpaired) electrons. The predicted molar refractivity (Wildman–Crippen MR) is 135 cm³/mol. The molecule has 3 N–H and O–H groups in total. The monoisotopic (exact) mass is 493 g/mol. The van der Waals surface area contributed by atoms with Crippen molar-refractivity contribution in [1.29, 1.82) is 0 Å². The molecular weight excluding hydrogens is 462 g/mol. The summed E-state index contributed by atoms with van der Waals surface area (Å²) in [5, 5.41) is 1.10. The third-order valence-corrected chi connectivity index (χ3v) is 8.68. The highest BCUT2D eigenvalue weighted by Gasteiger charge is 2.51. The number of hydrazine groups is 1. The summed E-state index contributed by atoms with van der Waals surface area (Å²) >= 11 is 0. The summed E-state index contributed by atoms with van der Waals surface area (Å²) in [5.41, 5.74) is 6.62. The van der Waals surface area contributed by atoms with E-state index in [1.54, 1.807) is 12.1 Å². The quantitative estimate of drug-likeness (QED) is 0.495. The maximum Gasteiger partial charge on any atom is 0.269 e. The molecule has 8 heteroatoms. The number of hydrogen-bond donors (Lipinski definition) is 3. The fourth-order valence-electron chi connectivity index (χ4n) is 6.71. The number of amides is 2. The van der Waals surface area contributed by atoms with Crippen LogP contribution < -0.4 is 15.6 Å². The molecule has 2 amide bonds. The zero-order valence-electron chi connectivity index (χ0n) is 19.6. The average Bonchev–Trinajstić information content (AvgIpc) is 2.81. The van der Waals surface area contributed by atoms with Crippen LogP contribution in [0, 0.1) is 23.2 Å². The van der Waals surface area contributed by atoms with Gasteiger partial charge in [0.05, 0.1) is 5.41 Å². The zero-order chi connectivity index (χ0) is 24.5. The van der Waals surface area contributed by atoms with Crippen LogP contribution in [0.4, 0.5) is 5.69 Å². The molecule has 0 heterocycles. The molecular formula is C27H31N3O4S. The second kappa shape index (κ2) is 9.49. The van der Waals surface area contributed by atoms with Crippen molar-refractivity contribution in [3.63, 3.8) is 0 Å². The van der Waals surface area contributed by atoms with Gasteiger partial charge in [-0.2, -0.15) is 0 Å². The van der Waals surface area contributed by atoms with Crippen LogP contribution in [0.15, 0.2) is 60.0 Å². The Morgan fingerprint density at radius 2 is 1.46 bits per heavy atom. The molecule has 6 rings (SSSR count).